The molecule has 0 unspecified atom stereocenters. The normalized spacial score (nSPS) is 21.3. The van der Waals surface area contributed by atoms with E-state index in [1.54, 1.807) is 11.9 Å². The van der Waals surface area contributed by atoms with Gasteiger partial charge in [0.2, 0.25) is 0 Å². The summed E-state index contributed by atoms with van der Waals surface area (Å²) in [4.78, 5) is 10.6. The maximum Gasteiger partial charge on any atom is 0.184 e. The minimum atomic E-state index is -0.456. The van der Waals surface area contributed by atoms with Crippen molar-refractivity contribution >= 4 is 46.1 Å². The average molecular weight is 501 g/mol. The Bertz CT molecular complexity index is 1260. The first-order chi connectivity index (χ1) is 15.9. The standard InChI is InChI=1S/C22H25ClN8S2/c1-21(3-4-21)28-33-14-11-15(30-9-7-29(2)8-10-30)16-17(23)25-18(31(16)12-14)19-26-27-20(32-19)22(13-24)5-6-22/h11-12,28H,3-10H2,1-2H3. The highest BCUT2D eigenvalue weighted by Crippen LogP contribution is 2.49. The molecule has 3 fully saturated rings. The summed E-state index contributed by atoms with van der Waals surface area (Å²) in [5.41, 5.74) is 1.76. The molecule has 0 aromatic carbocycles. The number of imidazole rings is 1. The van der Waals surface area contributed by atoms with E-state index in [9.17, 15) is 5.26 Å². The number of aromatic nitrogens is 4. The summed E-state index contributed by atoms with van der Waals surface area (Å²) in [5, 5.41) is 20.3. The predicted octanol–water partition coefficient (Wildman–Crippen LogP) is 3.96. The Hall–Kier alpha value is -1.90. The van der Waals surface area contributed by atoms with E-state index in [2.05, 4.69) is 61.4 Å². The monoisotopic (exact) mass is 500 g/mol. The lowest BCUT2D eigenvalue weighted by Crippen LogP contribution is -2.44. The van der Waals surface area contributed by atoms with Gasteiger partial charge in [0.25, 0.3) is 0 Å². The van der Waals surface area contributed by atoms with Gasteiger partial charge < -0.3 is 9.80 Å². The molecule has 11 heteroatoms. The van der Waals surface area contributed by atoms with Crippen molar-refractivity contribution in [3.63, 3.8) is 0 Å². The van der Waals surface area contributed by atoms with E-state index in [0.29, 0.717) is 16.0 Å². The average Bonchev–Trinajstić information content (AvgIpc) is 3.69. The quantitative estimate of drug-likeness (QED) is 0.509. The maximum atomic E-state index is 9.56. The summed E-state index contributed by atoms with van der Waals surface area (Å²) in [6.07, 6.45) is 6.18. The topological polar surface area (TPSA) is 85.4 Å². The molecule has 3 aromatic rings. The lowest BCUT2D eigenvalue weighted by Gasteiger charge is -2.34. The first kappa shape index (κ1) is 21.6. The van der Waals surface area contributed by atoms with Crippen LogP contribution in [0.4, 0.5) is 5.69 Å². The van der Waals surface area contributed by atoms with Crippen LogP contribution in [0.25, 0.3) is 16.3 Å². The first-order valence-electron chi connectivity index (χ1n) is 11.2. The highest BCUT2D eigenvalue weighted by molar-refractivity contribution is 7.97. The Morgan fingerprint density at radius 3 is 2.61 bits per heavy atom. The van der Waals surface area contributed by atoms with Crippen molar-refractivity contribution in [1.82, 2.24) is 29.2 Å². The molecule has 33 heavy (non-hydrogen) atoms. The number of halogens is 1. The van der Waals surface area contributed by atoms with Crippen LogP contribution >= 0.6 is 34.9 Å². The van der Waals surface area contributed by atoms with Crippen molar-refractivity contribution in [2.24, 2.45) is 0 Å². The third kappa shape index (κ3) is 3.90. The maximum absolute atomic E-state index is 9.56. The van der Waals surface area contributed by atoms with Gasteiger partial charge in [-0.1, -0.05) is 22.9 Å². The molecule has 3 aliphatic rings. The summed E-state index contributed by atoms with van der Waals surface area (Å²) in [6, 6.07) is 4.63. The Morgan fingerprint density at radius 2 is 1.94 bits per heavy atom. The van der Waals surface area contributed by atoms with Crippen LogP contribution in [0.1, 0.15) is 37.6 Å². The number of likely N-dealkylation sites (N-methyl/N-ethyl adjacent to an activating group) is 1. The van der Waals surface area contributed by atoms with Crippen LogP contribution in [0.15, 0.2) is 17.2 Å². The lowest BCUT2D eigenvalue weighted by molar-refractivity contribution is 0.313. The van der Waals surface area contributed by atoms with Gasteiger partial charge in [-0.3, -0.25) is 9.12 Å². The van der Waals surface area contributed by atoms with Crippen LogP contribution in [0, 0.1) is 11.3 Å². The number of hydrogen-bond acceptors (Lipinski definition) is 9. The molecule has 0 atom stereocenters. The Labute approximate surface area is 206 Å². The van der Waals surface area contributed by atoms with Crippen molar-refractivity contribution in [2.45, 2.75) is 48.5 Å². The van der Waals surface area contributed by atoms with Gasteiger partial charge in [0, 0.05) is 42.8 Å². The molecule has 4 heterocycles. The van der Waals surface area contributed by atoms with Crippen molar-refractivity contribution in [1.29, 1.82) is 5.26 Å². The molecule has 1 aliphatic heterocycles. The zero-order valence-electron chi connectivity index (χ0n) is 18.6. The van der Waals surface area contributed by atoms with Crippen molar-refractivity contribution in [3.05, 3.63) is 22.4 Å². The molecule has 1 N–H and O–H groups in total. The fourth-order valence-electron chi connectivity index (χ4n) is 4.10. The fourth-order valence-corrected chi connectivity index (χ4v) is 6.29. The van der Waals surface area contributed by atoms with Crippen LogP contribution in [0.2, 0.25) is 5.15 Å². The van der Waals surface area contributed by atoms with Gasteiger partial charge in [0.15, 0.2) is 16.0 Å². The Balaban J connectivity index is 1.44. The third-order valence-electron chi connectivity index (χ3n) is 6.90. The van der Waals surface area contributed by atoms with E-state index >= 15 is 0 Å². The first-order valence-corrected chi connectivity index (χ1v) is 13.3. The van der Waals surface area contributed by atoms with Gasteiger partial charge in [-0.2, -0.15) is 5.26 Å². The second-order valence-corrected chi connectivity index (χ2v) is 11.9. The predicted molar refractivity (Wildman–Crippen MR) is 132 cm³/mol. The number of piperazine rings is 1. The number of pyridine rings is 1. The number of rotatable bonds is 6. The zero-order valence-corrected chi connectivity index (χ0v) is 21.0. The number of fused-ring (bicyclic) bond motifs is 1. The number of nitrogens with zero attached hydrogens (tertiary/aromatic N) is 7. The minimum Gasteiger partial charge on any atom is -0.367 e. The molecule has 0 spiro atoms. The van der Waals surface area contributed by atoms with Crippen LogP contribution in [0.3, 0.4) is 0 Å². The largest absolute Gasteiger partial charge is 0.367 e. The fraction of sp³-hybridized carbons (Fsp3) is 0.545. The van der Waals surface area contributed by atoms with E-state index in [-0.39, 0.29) is 5.54 Å². The van der Waals surface area contributed by atoms with E-state index in [1.807, 2.05) is 0 Å². The van der Waals surface area contributed by atoms with Gasteiger partial charge in [-0.05, 0) is 57.7 Å². The van der Waals surface area contributed by atoms with Gasteiger partial charge in [-0.25, -0.2) is 4.98 Å². The molecule has 8 nitrogen and oxygen atoms in total. The van der Waals surface area contributed by atoms with Gasteiger partial charge in [0.1, 0.15) is 15.9 Å². The number of nitrogens with one attached hydrogen (secondary N) is 1. The summed E-state index contributed by atoms with van der Waals surface area (Å²) in [6.45, 7) is 6.15. The molecule has 0 radical (unpaired) electrons. The summed E-state index contributed by atoms with van der Waals surface area (Å²) in [7, 11) is 2.16. The molecule has 1 saturated heterocycles. The van der Waals surface area contributed by atoms with Gasteiger partial charge >= 0.3 is 0 Å². The molecular weight excluding hydrogens is 476 g/mol. The molecule has 0 bridgehead atoms. The number of nitriles is 1. The Morgan fingerprint density at radius 1 is 1.18 bits per heavy atom. The van der Waals surface area contributed by atoms with E-state index in [0.717, 1.165) is 60.1 Å². The Kier molecular flexibility index (Phi) is 5.12. The van der Waals surface area contributed by atoms with Crippen molar-refractivity contribution in [3.8, 4) is 16.9 Å². The molecule has 2 aliphatic carbocycles. The van der Waals surface area contributed by atoms with E-state index < -0.39 is 5.41 Å². The van der Waals surface area contributed by atoms with Crippen LogP contribution in [-0.4, -0.2) is 63.2 Å². The second kappa shape index (κ2) is 7.82. The smallest absolute Gasteiger partial charge is 0.184 e. The zero-order chi connectivity index (χ0) is 22.8. The van der Waals surface area contributed by atoms with E-state index in [1.165, 1.54) is 24.2 Å². The lowest BCUT2D eigenvalue weighted by atomic mass is 10.1. The summed E-state index contributed by atoms with van der Waals surface area (Å²) in [5.74, 6) is 0.683. The van der Waals surface area contributed by atoms with Crippen LogP contribution in [0.5, 0.6) is 0 Å². The number of hydrogen-bond donors (Lipinski definition) is 1. The SMILES string of the molecule is CN1CCN(c2cc(SNC3(C)CC3)cn3c(-c4nnc(C5(C#N)CC5)s4)nc(Cl)c23)CC1. The minimum absolute atomic E-state index is 0.215. The third-order valence-corrected chi connectivity index (χ3v) is 9.34. The molecular formula is C22H25ClN8S2. The summed E-state index contributed by atoms with van der Waals surface area (Å²) < 4.78 is 5.68. The van der Waals surface area contributed by atoms with Crippen molar-refractivity contribution in [2.75, 3.05) is 38.1 Å². The summed E-state index contributed by atoms with van der Waals surface area (Å²) >= 11 is 9.86. The molecule has 6 rings (SSSR count). The molecule has 3 aromatic heterocycles. The van der Waals surface area contributed by atoms with Crippen molar-refractivity contribution < 1.29 is 0 Å². The van der Waals surface area contributed by atoms with E-state index in [4.69, 9.17) is 16.6 Å². The van der Waals surface area contributed by atoms with Gasteiger partial charge in [0.05, 0.1) is 11.8 Å². The highest BCUT2D eigenvalue weighted by Gasteiger charge is 2.48. The highest BCUT2D eigenvalue weighted by atomic mass is 35.5. The second-order valence-electron chi connectivity index (χ2n) is 9.67. The van der Waals surface area contributed by atoms with Gasteiger partial charge in [-0.15, -0.1) is 10.2 Å². The molecule has 172 valence electrons. The number of anilines is 1. The molecule has 0 amide bonds. The molecule has 2 saturated carbocycles. The van der Waals surface area contributed by atoms with Crippen LogP contribution < -0.4 is 9.62 Å². The van der Waals surface area contributed by atoms with Crippen LogP contribution in [-0.2, 0) is 5.41 Å².